The predicted molar refractivity (Wildman–Crippen MR) is 103 cm³/mol. The lowest BCUT2D eigenvalue weighted by Gasteiger charge is -2.27. The van der Waals surface area contributed by atoms with Gasteiger partial charge < -0.3 is 15.0 Å². The van der Waals surface area contributed by atoms with Crippen LogP contribution in [0.3, 0.4) is 0 Å². The molecule has 0 aliphatic carbocycles. The normalized spacial score (nSPS) is 15.6. The van der Waals surface area contributed by atoms with Crippen LogP contribution in [0, 0.1) is 11.2 Å². The zero-order valence-electron chi connectivity index (χ0n) is 15.7. The Hall–Kier alpha value is -2.89. The van der Waals surface area contributed by atoms with Gasteiger partial charge in [0.25, 0.3) is 5.91 Å². The van der Waals surface area contributed by atoms with Crippen LogP contribution >= 0.6 is 0 Å². The minimum Gasteiger partial charge on any atom is -0.490 e. The number of hydrogen-bond donors (Lipinski definition) is 1. The first-order chi connectivity index (χ1) is 12.8. The number of nitrogens with zero attached hydrogens (tertiary/aromatic N) is 1. The van der Waals surface area contributed by atoms with Crippen molar-refractivity contribution in [1.29, 1.82) is 0 Å². The Bertz CT molecular complexity index is 879. The van der Waals surface area contributed by atoms with Gasteiger partial charge in [-0.3, -0.25) is 9.59 Å². The molecular weight excluding hydrogens is 347 g/mol. The molecule has 1 aliphatic heterocycles. The molecule has 27 heavy (non-hydrogen) atoms. The Kier molecular flexibility index (Phi) is 5.17. The Morgan fingerprint density at radius 2 is 2.04 bits per heavy atom. The highest BCUT2D eigenvalue weighted by molar-refractivity contribution is 6.05. The Labute approximate surface area is 158 Å². The smallest absolute Gasteiger partial charge is 0.255 e. The van der Waals surface area contributed by atoms with Crippen molar-refractivity contribution in [2.45, 2.75) is 27.2 Å². The molecule has 142 valence electrons. The molecule has 0 unspecified atom stereocenters. The van der Waals surface area contributed by atoms with Crippen molar-refractivity contribution in [3.63, 3.8) is 0 Å². The van der Waals surface area contributed by atoms with Gasteiger partial charge in [0.2, 0.25) is 5.91 Å². The minimum absolute atomic E-state index is 0.0169. The van der Waals surface area contributed by atoms with Crippen molar-refractivity contribution in [3.8, 4) is 5.75 Å². The van der Waals surface area contributed by atoms with E-state index in [2.05, 4.69) is 5.32 Å². The summed E-state index contributed by atoms with van der Waals surface area (Å²) in [6.45, 7) is 6.56. The first-order valence-corrected chi connectivity index (χ1v) is 8.97. The number of carbonyl (C=O) groups excluding carboxylic acids is 2. The van der Waals surface area contributed by atoms with Crippen molar-refractivity contribution in [3.05, 3.63) is 53.8 Å². The summed E-state index contributed by atoms with van der Waals surface area (Å²) in [6, 6.07) is 10.7. The summed E-state index contributed by atoms with van der Waals surface area (Å²) in [5.41, 5.74) is 0.729. The van der Waals surface area contributed by atoms with Crippen LogP contribution in [0.2, 0.25) is 0 Å². The van der Waals surface area contributed by atoms with Crippen LogP contribution in [0.15, 0.2) is 42.5 Å². The molecule has 0 radical (unpaired) electrons. The number of halogens is 1. The van der Waals surface area contributed by atoms with Crippen LogP contribution in [0.25, 0.3) is 0 Å². The number of fused-ring (bicyclic) bond motifs is 1. The molecule has 0 atom stereocenters. The fourth-order valence-corrected chi connectivity index (χ4v) is 3.00. The molecule has 5 nitrogen and oxygen atoms in total. The maximum atomic E-state index is 13.3. The van der Waals surface area contributed by atoms with E-state index in [0.29, 0.717) is 23.7 Å². The van der Waals surface area contributed by atoms with E-state index < -0.39 is 17.1 Å². The third-order valence-corrected chi connectivity index (χ3v) is 4.45. The second-order valence-corrected chi connectivity index (χ2v) is 7.28. The lowest BCUT2D eigenvalue weighted by atomic mass is 9.93. The summed E-state index contributed by atoms with van der Waals surface area (Å²) in [4.78, 5) is 27.0. The zero-order chi connectivity index (χ0) is 19.6. The van der Waals surface area contributed by atoms with E-state index in [4.69, 9.17) is 4.74 Å². The molecule has 1 heterocycles. The second kappa shape index (κ2) is 7.39. The number of hydrogen-bond acceptors (Lipinski definition) is 3. The lowest BCUT2D eigenvalue weighted by molar-refractivity contribution is -0.127. The molecule has 2 amide bonds. The van der Waals surface area contributed by atoms with E-state index in [1.54, 1.807) is 29.2 Å². The summed E-state index contributed by atoms with van der Waals surface area (Å²) in [5.74, 6) is -0.305. The van der Waals surface area contributed by atoms with Gasteiger partial charge in [-0.05, 0) is 56.7 Å². The highest BCUT2D eigenvalue weighted by Crippen LogP contribution is 2.38. The third kappa shape index (κ3) is 3.94. The molecule has 3 rings (SSSR count). The summed E-state index contributed by atoms with van der Waals surface area (Å²) in [5, 5.41) is 2.76. The number of carbonyl (C=O) groups is 2. The maximum absolute atomic E-state index is 13.3. The Morgan fingerprint density at radius 3 is 2.74 bits per heavy atom. The maximum Gasteiger partial charge on any atom is 0.255 e. The first kappa shape index (κ1) is 18.9. The van der Waals surface area contributed by atoms with Crippen LogP contribution in [0.1, 0.15) is 37.6 Å². The first-order valence-electron chi connectivity index (χ1n) is 8.97. The molecule has 1 aliphatic rings. The molecule has 2 aromatic carbocycles. The van der Waals surface area contributed by atoms with Gasteiger partial charge in [0, 0.05) is 17.8 Å². The van der Waals surface area contributed by atoms with E-state index in [0.717, 1.165) is 6.42 Å². The summed E-state index contributed by atoms with van der Waals surface area (Å²) in [6.07, 6.45) is 0.793. The molecular formula is C21H23FN2O3. The Balaban J connectivity index is 1.92. The van der Waals surface area contributed by atoms with Gasteiger partial charge >= 0.3 is 0 Å². The number of amides is 2. The molecule has 2 aromatic rings. The standard InChI is InChI=1S/C21H23FN2O3/c1-4-10-24-17-12-16(23-19(25)14-6-5-7-15(22)11-14)8-9-18(17)27-13-21(2,3)20(24)26/h5-9,11-12H,4,10,13H2,1-3H3,(H,23,25). The van der Waals surface area contributed by atoms with Crippen LogP contribution in [0.4, 0.5) is 15.8 Å². The lowest BCUT2D eigenvalue weighted by Crippen LogP contribution is -2.42. The van der Waals surface area contributed by atoms with Crippen LogP contribution in [-0.4, -0.2) is 25.0 Å². The summed E-state index contributed by atoms with van der Waals surface area (Å²) in [7, 11) is 0. The SMILES string of the molecule is CCCN1C(=O)C(C)(C)COc2ccc(NC(=O)c3cccc(F)c3)cc21. The van der Waals surface area contributed by atoms with Crippen LogP contribution in [0.5, 0.6) is 5.75 Å². The quantitative estimate of drug-likeness (QED) is 0.876. The average Bonchev–Trinajstić information content (AvgIpc) is 2.72. The van der Waals surface area contributed by atoms with Crippen molar-refractivity contribution in [2.24, 2.45) is 5.41 Å². The van der Waals surface area contributed by atoms with Gasteiger partial charge in [0.15, 0.2) is 0 Å². The van der Waals surface area contributed by atoms with E-state index >= 15 is 0 Å². The topological polar surface area (TPSA) is 58.6 Å². The molecule has 0 aromatic heterocycles. The summed E-state index contributed by atoms with van der Waals surface area (Å²) < 4.78 is 19.2. The predicted octanol–water partition coefficient (Wildman–Crippen LogP) is 4.24. The van der Waals surface area contributed by atoms with Crippen molar-refractivity contribution in [2.75, 3.05) is 23.4 Å². The van der Waals surface area contributed by atoms with Crippen molar-refractivity contribution in [1.82, 2.24) is 0 Å². The van der Waals surface area contributed by atoms with Crippen molar-refractivity contribution >= 4 is 23.2 Å². The highest BCUT2D eigenvalue weighted by atomic mass is 19.1. The third-order valence-electron chi connectivity index (χ3n) is 4.45. The molecule has 6 heteroatoms. The number of rotatable bonds is 4. The van der Waals surface area contributed by atoms with Gasteiger partial charge in [0.1, 0.15) is 18.2 Å². The molecule has 1 N–H and O–H groups in total. The van der Waals surface area contributed by atoms with E-state index in [9.17, 15) is 14.0 Å². The minimum atomic E-state index is -0.640. The van der Waals surface area contributed by atoms with Gasteiger partial charge in [-0.2, -0.15) is 0 Å². The second-order valence-electron chi connectivity index (χ2n) is 7.28. The largest absolute Gasteiger partial charge is 0.490 e. The number of anilines is 2. The molecule has 0 saturated heterocycles. The zero-order valence-corrected chi connectivity index (χ0v) is 15.7. The number of ether oxygens (including phenoxy) is 1. The monoisotopic (exact) mass is 370 g/mol. The molecule has 0 saturated carbocycles. The van der Waals surface area contributed by atoms with Gasteiger partial charge in [-0.15, -0.1) is 0 Å². The van der Waals surface area contributed by atoms with E-state index in [-0.39, 0.29) is 18.1 Å². The van der Waals surface area contributed by atoms with Crippen LogP contribution in [-0.2, 0) is 4.79 Å². The fraction of sp³-hybridized carbons (Fsp3) is 0.333. The van der Waals surface area contributed by atoms with Crippen molar-refractivity contribution < 1.29 is 18.7 Å². The number of nitrogens with one attached hydrogen (secondary N) is 1. The van der Waals surface area contributed by atoms with Gasteiger partial charge in [-0.1, -0.05) is 13.0 Å². The fourth-order valence-electron chi connectivity index (χ4n) is 3.00. The molecule has 0 bridgehead atoms. The molecule has 0 spiro atoms. The van der Waals surface area contributed by atoms with E-state index in [1.165, 1.54) is 18.2 Å². The Morgan fingerprint density at radius 1 is 1.26 bits per heavy atom. The van der Waals surface area contributed by atoms with E-state index in [1.807, 2.05) is 20.8 Å². The molecule has 0 fully saturated rings. The summed E-state index contributed by atoms with van der Waals surface area (Å²) >= 11 is 0. The highest BCUT2D eigenvalue weighted by Gasteiger charge is 2.37. The average molecular weight is 370 g/mol. The number of benzene rings is 2. The van der Waals surface area contributed by atoms with Gasteiger partial charge in [0.05, 0.1) is 11.1 Å². The van der Waals surface area contributed by atoms with Gasteiger partial charge in [-0.25, -0.2) is 4.39 Å². The van der Waals surface area contributed by atoms with Crippen LogP contribution < -0.4 is 15.0 Å².